The first-order chi connectivity index (χ1) is 19.8. The van der Waals surface area contributed by atoms with E-state index in [4.69, 9.17) is 5.73 Å². The van der Waals surface area contributed by atoms with Crippen LogP contribution in [0.25, 0.3) is 0 Å². The molecule has 2 aromatic rings. The highest BCUT2D eigenvalue weighted by Gasteiger charge is 2.39. The highest BCUT2D eigenvalue weighted by Crippen LogP contribution is 2.38. The molecule has 228 valence electrons. The lowest BCUT2D eigenvalue weighted by Crippen LogP contribution is -2.45. The van der Waals surface area contributed by atoms with Crippen LogP contribution in [0.5, 0.6) is 0 Å². The summed E-state index contributed by atoms with van der Waals surface area (Å²) in [5.41, 5.74) is 5.09. The summed E-state index contributed by atoms with van der Waals surface area (Å²) in [4.78, 5) is 49.2. The van der Waals surface area contributed by atoms with Gasteiger partial charge in [0.25, 0.3) is 5.91 Å². The van der Waals surface area contributed by atoms with E-state index < -0.39 is 35.5 Å². The molecule has 1 aliphatic heterocycles. The quantitative estimate of drug-likeness (QED) is 0.409. The number of nitrogens with zero attached hydrogens (tertiary/aromatic N) is 4. The second-order valence-corrected chi connectivity index (χ2v) is 11.3. The molecule has 2 aliphatic rings. The summed E-state index contributed by atoms with van der Waals surface area (Å²) >= 11 is 0. The molecule has 0 unspecified atom stereocenters. The molecule has 4 N–H and O–H groups in total. The van der Waals surface area contributed by atoms with Crippen LogP contribution in [0.2, 0.25) is 0 Å². The van der Waals surface area contributed by atoms with Crippen molar-refractivity contribution in [2.24, 2.45) is 17.6 Å². The Bertz CT molecular complexity index is 1280. The molecule has 0 bridgehead atoms. The number of carbonyl (C=O) groups excluding carboxylic acids is 3. The van der Waals surface area contributed by atoms with Crippen LogP contribution in [0.4, 0.5) is 24.8 Å². The van der Waals surface area contributed by atoms with E-state index in [1.807, 2.05) is 0 Å². The molecule has 1 saturated carbocycles. The van der Waals surface area contributed by atoms with Crippen LogP contribution >= 0.6 is 0 Å². The molecule has 13 heteroatoms. The summed E-state index contributed by atoms with van der Waals surface area (Å²) in [6.45, 7) is 3.33. The van der Waals surface area contributed by atoms with Gasteiger partial charge in [-0.3, -0.25) is 14.4 Å². The van der Waals surface area contributed by atoms with Crippen molar-refractivity contribution in [2.75, 3.05) is 32.5 Å². The lowest BCUT2D eigenvalue weighted by molar-refractivity contribution is -0.138. The molecule has 1 aromatic carbocycles. The van der Waals surface area contributed by atoms with Crippen molar-refractivity contribution in [1.82, 2.24) is 25.1 Å². The van der Waals surface area contributed by atoms with Gasteiger partial charge in [0.1, 0.15) is 6.04 Å². The molecular formula is C29H38F3N7O3. The fourth-order valence-electron chi connectivity index (χ4n) is 5.71. The number of anilines is 2. The van der Waals surface area contributed by atoms with Crippen molar-refractivity contribution >= 4 is 29.4 Å². The van der Waals surface area contributed by atoms with Gasteiger partial charge in [-0.25, -0.2) is 9.97 Å². The van der Waals surface area contributed by atoms with Gasteiger partial charge in [0.05, 0.1) is 11.3 Å². The lowest BCUT2D eigenvalue weighted by Gasteiger charge is -2.35. The number of likely N-dealkylation sites (tertiary alicyclic amines) is 1. The van der Waals surface area contributed by atoms with Crippen molar-refractivity contribution in [3.05, 3.63) is 47.3 Å². The number of hydrogen-bond acceptors (Lipinski definition) is 7. The van der Waals surface area contributed by atoms with Gasteiger partial charge in [0.15, 0.2) is 0 Å². The number of hydrogen-bond donors (Lipinski definition) is 3. The highest BCUT2D eigenvalue weighted by atomic mass is 19.4. The van der Waals surface area contributed by atoms with Gasteiger partial charge in [-0.1, -0.05) is 6.42 Å². The summed E-state index contributed by atoms with van der Waals surface area (Å²) in [7, 11) is 3.87. The van der Waals surface area contributed by atoms with E-state index in [1.165, 1.54) is 6.92 Å². The van der Waals surface area contributed by atoms with E-state index in [-0.39, 0.29) is 35.9 Å². The summed E-state index contributed by atoms with van der Waals surface area (Å²) in [5.74, 6) is -2.16. The Balaban J connectivity index is 1.47. The zero-order valence-corrected chi connectivity index (χ0v) is 24.1. The van der Waals surface area contributed by atoms with E-state index in [9.17, 15) is 27.6 Å². The van der Waals surface area contributed by atoms with Gasteiger partial charge in [0, 0.05) is 36.5 Å². The number of carbonyl (C=O) groups is 3. The smallest absolute Gasteiger partial charge is 0.368 e. The molecule has 4 rings (SSSR count). The van der Waals surface area contributed by atoms with Crippen LogP contribution in [-0.4, -0.2) is 76.8 Å². The number of benzene rings is 1. The van der Waals surface area contributed by atoms with Crippen molar-refractivity contribution in [3.63, 3.8) is 0 Å². The Morgan fingerprint density at radius 1 is 1.12 bits per heavy atom. The maximum atomic E-state index is 13.9. The summed E-state index contributed by atoms with van der Waals surface area (Å²) in [5, 5.41) is 5.49. The van der Waals surface area contributed by atoms with Crippen molar-refractivity contribution < 1.29 is 27.6 Å². The topological polar surface area (TPSA) is 134 Å². The molecule has 0 spiro atoms. The zero-order chi connectivity index (χ0) is 30.6. The second kappa shape index (κ2) is 13.1. The third-order valence-corrected chi connectivity index (χ3v) is 8.35. The van der Waals surface area contributed by atoms with Crippen LogP contribution in [-0.2, 0) is 22.2 Å². The minimum Gasteiger partial charge on any atom is -0.368 e. The van der Waals surface area contributed by atoms with Crippen LogP contribution in [0.15, 0.2) is 30.5 Å². The number of rotatable bonds is 9. The number of halogens is 3. The third-order valence-electron chi connectivity index (χ3n) is 8.35. The molecule has 2 heterocycles. The minimum absolute atomic E-state index is 0.0260. The number of aromatic nitrogens is 2. The maximum absolute atomic E-state index is 13.9. The van der Waals surface area contributed by atoms with Gasteiger partial charge in [-0.15, -0.1) is 0 Å². The Morgan fingerprint density at radius 3 is 2.40 bits per heavy atom. The van der Waals surface area contributed by atoms with Crippen LogP contribution in [0, 0.1) is 11.8 Å². The molecule has 42 heavy (non-hydrogen) atoms. The van der Waals surface area contributed by atoms with Gasteiger partial charge >= 0.3 is 6.18 Å². The van der Waals surface area contributed by atoms with Gasteiger partial charge in [-0.2, -0.15) is 13.2 Å². The second-order valence-electron chi connectivity index (χ2n) is 11.3. The van der Waals surface area contributed by atoms with Crippen LogP contribution in [0.3, 0.4) is 0 Å². The third kappa shape index (κ3) is 7.55. The van der Waals surface area contributed by atoms with E-state index >= 15 is 0 Å². The van der Waals surface area contributed by atoms with E-state index in [0.29, 0.717) is 30.5 Å². The standard InChI is InChI=1S/C29H38F3N7O3/c1-17(25(33)40)35-26(41)22-6-4-5-19(22)15-24-23(29(30,31)32)16-34-28(37-24)36-20-9-7-18(8-10-20)27(42)39(3)21-11-13-38(2)14-12-21/h7-10,16-17,19,21-22H,4-6,11-15H2,1-3H3,(H2,33,40)(H,35,41)(H,34,36,37)/t17-,19+,22+/m1/s1. The largest absolute Gasteiger partial charge is 0.419 e. The van der Waals surface area contributed by atoms with Gasteiger partial charge < -0.3 is 26.2 Å². The molecule has 1 aliphatic carbocycles. The number of piperidine rings is 1. The number of nitrogens with two attached hydrogens (primary N) is 1. The number of amides is 3. The molecule has 1 aromatic heterocycles. The first-order valence-corrected chi connectivity index (χ1v) is 14.2. The van der Waals surface area contributed by atoms with Crippen LogP contribution < -0.4 is 16.4 Å². The lowest BCUT2D eigenvalue weighted by atomic mass is 9.89. The minimum atomic E-state index is -4.67. The van der Waals surface area contributed by atoms with Gasteiger partial charge in [-0.05, 0) is 89.3 Å². The monoisotopic (exact) mass is 589 g/mol. The average Bonchev–Trinajstić information content (AvgIpc) is 3.41. The fraction of sp³-hybridized carbons (Fsp3) is 0.552. The predicted molar refractivity (Wildman–Crippen MR) is 151 cm³/mol. The maximum Gasteiger partial charge on any atom is 0.419 e. The summed E-state index contributed by atoms with van der Waals surface area (Å²) in [6, 6.07) is 5.94. The van der Waals surface area contributed by atoms with Crippen molar-refractivity contribution in [3.8, 4) is 0 Å². The highest BCUT2D eigenvalue weighted by molar-refractivity contribution is 5.94. The summed E-state index contributed by atoms with van der Waals surface area (Å²) < 4.78 is 41.6. The van der Waals surface area contributed by atoms with Crippen molar-refractivity contribution in [2.45, 2.75) is 63.7 Å². The number of alkyl halides is 3. The van der Waals surface area contributed by atoms with E-state index in [0.717, 1.165) is 32.1 Å². The molecule has 2 fully saturated rings. The Hall–Kier alpha value is -3.74. The molecule has 3 amide bonds. The first-order valence-electron chi connectivity index (χ1n) is 14.2. The molecule has 10 nitrogen and oxygen atoms in total. The first kappa shape index (κ1) is 31.2. The molecule has 3 atom stereocenters. The SMILES string of the molecule is C[C@@H](NC(=O)[C@H]1CCC[C@H]1Cc1nc(Nc2ccc(C(=O)N(C)C3CCN(C)CC3)cc2)ncc1C(F)(F)F)C(N)=O. The van der Waals surface area contributed by atoms with E-state index in [1.54, 1.807) is 36.2 Å². The summed E-state index contributed by atoms with van der Waals surface area (Å²) in [6.07, 6.45) is -0.471. The van der Waals surface area contributed by atoms with Crippen molar-refractivity contribution in [1.29, 1.82) is 0 Å². The predicted octanol–water partition coefficient (Wildman–Crippen LogP) is 3.35. The molecule has 1 saturated heterocycles. The normalized spacial score (nSPS) is 20.6. The molecule has 0 radical (unpaired) electrons. The van der Waals surface area contributed by atoms with Crippen LogP contribution in [0.1, 0.15) is 60.6 Å². The fourth-order valence-corrected chi connectivity index (χ4v) is 5.71. The zero-order valence-electron chi connectivity index (χ0n) is 24.1. The Kier molecular flexibility index (Phi) is 9.70. The van der Waals surface area contributed by atoms with E-state index in [2.05, 4.69) is 32.5 Å². The number of nitrogens with one attached hydrogen (secondary N) is 2. The Labute approximate surface area is 243 Å². The number of primary amides is 1. The molecular weight excluding hydrogens is 551 g/mol. The average molecular weight is 590 g/mol. The Morgan fingerprint density at radius 2 is 1.79 bits per heavy atom. The van der Waals surface area contributed by atoms with Gasteiger partial charge in [0.2, 0.25) is 17.8 Å².